The zero-order valence-corrected chi connectivity index (χ0v) is 14.7. The zero-order chi connectivity index (χ0) is 18.4. The van der Waals surface area contributed by atoms with Gasteiger partial charge < -0.3 is 9.84 Å². The molecule has 2 aromatic rings. The lowest BCUT2D eigenvalue weighted by Crippen LogP contribution is -2.19. The minimum Gasteiger partial charge on any atom is -0.478 e. The molecule has 0 aromatic heterocycles. The van der Waals surface area contributed by atoms with E-state index in [2.05, 4.69) is 0 Å². The largest absolute Gasteiger partial charge is 0.478 e. The number of aromatic carboxylic acids is 1. The summed E-state index contributed by atoms with van der Waals surface area (Å²) in [4.78, 5) is 24.1. The summed E-state index contributed by atoms with van der Waals surface area (Å²) in [6.07, 6.45) is -0.637. The van der Waals surface area contributed by atoms with E-state index >= 15 is 0 Å². The summed E-state index contributed by atoms with van der Waals surface area (Å²) in [6.45, 7) is 3.36. The maximum absolute atomic E-state index is 12.3. The van der Waals surface area contributed by atoms with Gasteiger partial charge in [0.2, 0.25) is 0 Å². The van der Waals surface area contributed by atoms with Crippen LogP contribution in [0.3, 0.4) is 0 Å². The van der Waals surface area contributed by atoms with Crippen LogP contribution in [0.5, 0.6) is 0 Å². The molecule has 1 unspecified atom stereocenters. The van der Waals surface area contributed by atoms with E-state index in [0.717, 1.165) is 0 Å². The maximum atomic E-state index is 12.3. The van der Waals surface area contributed by atoms with E-state index in [4.69, 9.17) is 9.84 Å². The van der Waals surface area contributed by atoms with Crippen LogP contribution in [0.1, 0.15) is 34.6 Å². The highest BCUT2D eigenvalue weighted by Gasteiger charge is 2.20. The van der Waals surface area contributed by atoms with Crippen LogP contribution in [-0.4, -0.2) is 27.4 Å². The molecule has 0 aliphatic rings. The van der Waals surface area contributed by atoms with Crippen LogP contribution in [-0.2, 0) is 15.5 Å². The van der Waals surface area contributed by atoms with E-state index < -0.39 is 28.8 Å². The number of carboxylic acid groups (broad SMARTS) is 1. The molecule has 0 aliphatic carbocycles. The molecule has 0 spiro atoms. The van der Waals surface area contributed by atoms with E-state index in [1.54, 1.807) is 44.2 Å². The maximum Gasteiger partial charge on any atom is 0.339 e. The van der Waals surface area contributed by atoms with E-state index in [0.29, 0.717) is 10.5 Å². The fourth-order valence-electron chi connectivity index (χ4n) is 2.05. The second-order valence-corrected chi connectivity index (χ2v) is 6.67. The number of rotatable bonds is 6. The summed E-state index contributed by atoms with van der Waals surface area (Å²) in [6, 6.07) is 14.8. The van der Waals surface area contributed by atoms with Gasteiger partial charge in [0.1, 0.15) is 6.10 Å². The number of hydrogen-bond donors (Lipinski definition) is 1. The highest BCUT2D eigenvalue weighted by Crippen LogP contribution is 2.16. The first-order valence-corrected chi connectivity index (χ1v) is 8.78. The molecule has 5 nitrogen and oxygen atoms in total. The Bertz CT molecular complexity index is 827. The van der Waals surface area contributed by atoms with Gasteiger partial charge in [0.05, 0.1) is 21.9 Å². The number of benzene rings is 2. The number of esters is 1. The lowest BCUT2D eigenvalue weighted by atomic mass is 10.1. The number of ether oxygens (including phenoxy) is 1. The molecule has 0 bridgehead atoms. The second-order valence-electron chi connectivity index (χ2n) is 5.37. The van der Waals surface area contributed by atoms with Crippen LogP contribution >= 0.6 is 0 Å². The summed E-state index contributed by atoms with van der Waals surface area (Å²) in [5.41, 5.74) is 0.483. The average molecular weight is 358 g/mol. The van der Waals surface area contributed by atoms with Crippen molar-refractivity contribution in [2.45, 2.75) is 24.8 Å². The van der Waals surface area contributed by atoms with Gasteiger partial charge in [-0.05, 0) is 43.7 Å². The van der Waals surface area contributed by atoms with Gasteiger partial charge in [-0.2, -0.15) is 0 Å². The Hall–Kier alpha value is -2.73. The minimum atomic E-state index is -1.35. The number of carboxylic acids is 1. The Morgan fingerprint density at radius 3 is 2.20 bits per heavy atom. The SMILES string of the molecule is C/C(=C\S(=O)c1ccccc1)[C@H](C)OC(=O)c1ccccc1C(=O)O. The molecule has 0 saturated carbocycles. The first kappa shape index (κ1) is 18.6. The van der Waals surface area contributed by atoms with Gasteiger partial charge >= 0.3 is 11.9 Å². The van der Waals surface area contributed by atoms with Crippen molar-refractivity contribution in [1.29, 1.82) is 0 Å². The predicted octanol–water partition coefficient (Wildman–Crippen LogP) is 3.64. The Balaban J connectivity index is 2.12. The van der Waals surface area contributed by atoms with Crippen molar-refractivity contribution in [3.63, 3.8) is 0 Å². The Morgan fingerprint density at radius 1 is 1.04 bits per heavy atom. The van der Waals surface area contributed by atoms with Crippen molar-refractivity contribution in [1.82, 2.24) is 0 Å². The molecule has 0 aliphatic heterocycles. The fraction of sp³-hybridized carbons (Fsp3) is 0.158. The van der Waals surface area contributed by atoms with Gasteiger partial charge in [-0.3, -0.25) is 0 Å². The van der Waals surface area contributed by atoms with Gasteiger partial charge in [0, 0.05) is 10.3 Å². The Morgan fingerprint density at radius 2 is 1.60 bits per heavy atom. The van der Waals surface area contributed by atoms with Crippen molar-refractivity contribution >= 4 is 22.7 Å². The third-order valence-electron chi connectivity index (χ3n) is 3.57. The zero-order valence-electron chi connectivity index (χ0n) is 13.8. The van der Waals surface area contributed by atoms with Gasteiger partial charge in [0.15, 0.2) is 0 Å². The molecule has 130 valence electrons. The van der Waals surface area contributed by atoms with Gasteiger partial charge in [0.25, 0.3) is 0 Å². The van der Waals surface area contributed by atoms with Crippen molar-refractivity contribution in [2.75, 3.05) is 0 Å². The summed E-state index contributed by atoms with van der Waals surface area (Å²) in [5, 5.41) is 10.7. The molecule has 25 heavy (non-hydrogen) atoms. The van der Waals surface area contributed by atoms with Crippen LogP contribution < -0.4 is 0 Å². The predicted molar refractivity (Wildman–Crippen MR) is 94.9 cm³/mol. The summed E-state index contributed by atoms with van der Waals surface area (Å²) >= 11 is 0. The first-order valence-electron chi connectivity index (χ1n) is 7.57. The first-order chi connectivity index (χ1) is 11.9. The number of hydrogen-bond acceptors (Lipinski definition) is 4. The molecule has 2 aromatic carbocycles. The quantitative estimate of drug-likeness (QED) is 0.798. The molecule has 0 fully saturated rings. The molecule has 0 saturated heterocycles. The van der Waals surface area contributed by atoms with Crippen LogP contribution in [0.15, 0.2) is 70.5 Å². The molecule has 2 rings (SSSR count). The molecule has 1 N–H and O–H groups in total. The minimum absolute atomic E-state index is 0.0150. The van der Waals surface area contributed by atoms with E-state index in [1.165, 1.54) is 23.6 Å². The highest BCUT2D eigenvalue weighted by molar-refractivity contribution is 7.88. The molecular weight excluding hydrogens is 340 g/mol. The average Bonchev–Trinajstić information content (AvgIpc) is 2.62. The molecule has 2 atom stereocenters. The van der Waals surface area contributed by atoms with Crippen molar-refractivity contribution in [3.8, 4) is 0 Å². The van der Waals surface area contributed by atoms with Crippen molar-refractivity contribution in [2.24, 2.45) is 0 Å². The van der Waals surface area contributed by atoms with E-state index in [1.807, 2.05) is 6.07 Å². The molecular formula is C19H18O5S. The third-order valence-corrected chi connectivity index (χ3v) is 4.89. The van der Waals surface area contributed by atoms with Crippen molar-refractivity contribution < 1.29 is 23.6 Å². The van der Waals surface area contributed by atoms with Gasteiger partial charge in [-0.1, -0.05) is 30.3 Å². The van der Waals surface area contributed by atoms with Crippen molar-refractivity contribution in [3.05, 3.63) is 76.7 Å². The summed E-state index contributed by atoms with van der Waals surface area (Å²) in [5.74, 6) is -1.93. The fourth-order valence-corrected chi connectivity index (χ4v) is 3.14. The standard InChI is InChI=1S/C19H18O5S/c1-13(12-25(23)15-8-4-3-5-9-15)14(2)24-19(22)17-11-7-6-10-16(17)18(20)21/h3-12,14H,1-2H3,(H,20,21)/b13-12+/t14-,25?/m0/s1. The third kappa shape index (κ3) is 4.87. The lowest BCUT2D eigenvalue weighted by molar-refractivity contribution is 0.0399. The smallest absolute Gasteiger partial charge is 0.339 e. The van der Waals surface area contributed by atoms with Crippen LogP contribution in [0, 0.1) is 0 Å². The van der Waals surface area contributed by atoms with Crippen LogP contribution in [0.4, 0.5) is 0 Å². The lowest BCUT2D eigenvalue weighted by Gasteiger charge is -2.15. The van der Waals surface area contributed by atoms with Crippen LogP contribution in [0.2, 0.25) is 0 Å². The van der Waals surface area contributed by atoms with Gasteiger partial charge in [-0.15, -0.1) is 0 Å². The normalized spacial score (nSPS) is 13.8. The Labute approximate surface area is 148 Å². The van der Waals surface area contributed by atoms with Crippen LogP contribution in [0.25, 0.3) is 0 Å². The summed E-state index contributed by atoms with van der Waals surface area (Å²) < 4.78 is 17.6. The topological polar surface area (TPSA) is 80.7 Å². The molecule has 0 amide bonds. The summed E-state index contributed by atoms with van der Waals surface area (Å²) in [7, 11) is -1.35. The van der Waals surface area contributed by atoms with Gasteiger partial charge in [-0.25, -0.2) is 13.8 Å². The monoisotopic (exact) mass is 358 g/mol. The molecule has 6 heteroatoms. The number of carbonyl (C=O) groups excluding carboxylic acids is 1. The molecule has 0 radical (unpaired) electrons. The van der Waals surface area contributed by atoms with E-state index in [-0.39, 0.29) is 11.1 Å². The number of carbonyl (C=O) groups is 2. The van der Waals surface area contributed by atoms with E-state index in [9.17, 15) is 13.8 Å². The molecule has 0 heterocycles. The second kappa shape index (κ2) is 8.39. The Kier molecular flexibility index (Phi) is 6.25. The highest BCUT2D eigenvalue weighted by atomic mass is 32.2.